The van der Waals surface area contributed by atoms with Crippen molar-refractivity contribution in [2.75, 3.05) is 11.9 Å². The van der Waals surface area contributed by atoms with Gasteiger partial charge in [0.15, 0.2) is 5.13 Å². The van der Waals surface area contributed by atoms with E-state index in [0.29, 0.717) is 11.5 Å². The first-order chi connectivity index (χ1) is 8.80. The number of aromatic nitrogens is 1. The molecule has 0 radical (unpaired) electrons. The molecular weight excluding hydrogens is 256 g/mol. The molecule has 1 N–H and O–H groups in total. The molecular formula is C15H26N2OS. The van der Waals surface area contributed by atoms with E-state index in [1.807, 2.05) is 13.8 Å². The Hall–Kier alpha value is -0.610. The molecule has 1 heterocycles. The third-order valence-electron chi connectivity index (χ3n) is 4.36. The Morgan fingerprint density at radius 2 is 1.95 bits per heavy atom. The van der Waals surface area contributed by atoms with Gasteiger partial charge in [0.2, 0.25) is 0 Å². The first-order valence-electron chi connectivity index (χ1n) is 7.18. The van der Waals surface area contributed by atoms with Crippen LogP contribution >= 0.6 is 11.3 Å². The highest BCUT2D eigenvalue weighted by atomic mass is 32.1. The van der Waals surface area contributed by atoms with E-state index < -0.39 is 6.10 Å². The molecule has 1 aromatic rings. The lowest BCUT2D eigenvalue weighted by atomic mass is 9.75. The maximum Gasteiger partial charge on any atom is 0.185 e. The molecule has 1 atom stereocenters. The van der Waals surface area contributed by atoms with Crippen molar-refractivity contribution in [3.8, 4) is 0 Å². The molecule has 1 fully saturated rings. The van der Waals surface area contributed by atoms with Crippen LogP contribution in [0.3, 0.4) is 0 Å². The number of hydrogen-bond acceptors (Lipinski definition) is 4. The van der Waals surface area contributed by atoms with Gasteiger partial charge in [-0.15, -0.1) is 0 Å². The molecule has 0 saturated heterocycles. The highest BCUT2D eigenvalue weighted by Gasteiger charge is 2.30. The standard InChI is InChI=1S/C15H26N2OS/c1-10-13(11(2)18)19-14(16-10)17(5)12-6-8-15(3,4)9-7-12/h11-12,18H,6-9H2,1-5H3. The molecule has 108 valence electrons. The van der Waals surface area contributed by atoms with E-state index in [0.717, 1.165) is 15.7 Å². The van der Waals surface area contributed by atoms with Gasteiger partial charge in [-0.25, -0.2) is 4.98 Å². The van der Waals surface area contributed by atoms with E-state index in [-0.39, 0.29) is 0 Å². The summed E-state index contributed by atoms with van der Waals surface area (Å²) in [4.78, 5) is 7.94. The van der Waals surface area contributed by atoms with Crippen molar-refractivity contribution >= 4 is 16.5 Å². The van der Waals surface area contributed by atoms with Gasteiger partial charge in [0.1, 0.15) is 0 Å². The second-order valence-corrected chi connectivity index (χ2v) is 7.64. The predicted octanol–water partition coefficient (Wildman–Crippen LogP) is 3.91. The highest BCUT2D eigenvalue weighted by molar-refractivity contribution is 7.15. The third-order valence-corrected chi connectivity index (χ3v) is 5.78. The minimum atomic E-state index is -0.412. The van der Waals surface area contributed by atoms with Crippen LogP contribution in [0.4, 0.5) is 5.13 Å². The van der Waals surface area contributed by atoms with E-state index in [1.165, 1.54) is 25.7 Å². The Morgan fingerprint density at radius 3 is 2.42 bits per heavy atom. The molecule has 2 rings (SSSR count). The number of aryl methyl sites for hydroxylation is 1. The molecule has 1 aromatic heterocycles. The van der Waals surface area contributed by atoms with E-state index in [2.05, 4.69) is 30.8 Å². The topological polar surface area (TPSA) is 36.4 Å². The Labute approximate surface area is 120 Å². The summed E-state index contributed by atoms with van der Waals surface area (Å²) in [7, 11) is 2.15. The fourth-order valence-corrected chi connectivity index (χ4v) is 3.90. The molecule has 0 aromatic carbocycles. The first-order valence-corrected chi connectivity index (χ1v) is 8.00. The zero-order valence-corrected chi connectivity index (χ0v) is 13.5. The molecule has 0 bridgehead atoms. The average molecular weight is 282 g/mol. The zero-order chi connectivity index (χ0) is 14.2. The monoisotopic (exact) mass is 282 g/mol. The molecule has 0 amide bonds. The van der Waals surface area contributed by atoms with Crippen LogP contribution in [-0.2, 0) is 0 Å². The summed E-state index contributed by atoms with van der Waals surface area (Å²) < 4.78 is 0. The molecule has 19 heavy (non-hydrogen) atoms. The minimum absolute atomic E-state index is 0.412. The van der Waals surface area contributed by atoms with Gasteiger partial charge in [-0.1, -0.05) is 25.2 Å². The summed E-state index contributed by atoms with van der Waals surface area (Å²) in [6, 6.07) is 0.598. The van der Waals surface area contributed by atoms with Crippen LogP contribution < -0.4 is 4.90 Å². The fraction of sp³-hybridized carbons (Fsp3) is 0.800. The Balaban J connectivity index is 2.08. The predicted molar refractivity (Wildman–Crippen MR) is 81.9 cm³/mol. The molecule has 3 nitrogen and oxygen atoms in total. The van der Waals surface area contributed by atoms with E-state index in [1.54, 1.807) is 11.3 Å². The lowest BCUT2D eigenvalue weighted by Crippen LogP contribution is -2.37. The Kier molecular flexibility index (Phi) is 4.21. The summed E-state index contributed by atoms with van der Waals surface area (Å²) >= 11 is 1.63. The first kappa shape index (κ1) is 14.8. The molecule has 1 aliphatic carbocycles. The van der Waals surface area contributed by atoms with Gasteiger partial charge in [0, 0.05) is 13.1 Å². The molecule has 1 unspecified atom stereocenters. The SMILES string of the molecule is Cc1nc(N(C)C2CCC(C)(C)CC2)sc1C(C)O. The van der Waals surface area contributed by atoms with Gasteiger partial charge in [-0.3, -0.25) is 0 Å². The Morgan fingerprint density at radius 1 is 1.37 bits per heavy atom. The number of nitrogens with zero attached hydrogens (tertiary/aromatic N) is 2. The Bertz CT molecular complexity index is 429. The number of anilines is 1. The normalized spacial score (nSPS) is 21.4. The van der Waals surface area contributed by atoms with Gasteiger partial charge in [0.25, 0.3) is 0 Å². The summed E-state index contributed by atoms with van der Waals surface area (Å²) in [5, 5.41) is 10.8. The lowest BCUT2D eigenvalue weighted by molar-refractivity contribution is 0.202. The minimum Gasteiger partial charge on any atom is -0.388 e. The van der Waals surface area contributed by atoms with Crippen molar-refractivity contribution < 1.29 is 5.11 Å². The zero-order valence-electron chi connectivity index (χ0n) is 12.7. The molecule has 1 saturated carbocycles. The smallest absolute Gasteiger partial charge is 0.185 e. The van der Waals surface area contributed by atoms with E-state index in [4.69, 9.17) is 0 Å². The average Bonchev–Trinajstić information content (AvgIpc) is 2.70. The maximum atomic E-state index is 9.73. The molecule has 4 heteroatoms. The van der Waals surface area contributed by atoms with Crippen molar-refractivity contribution in [2.24, 2.45) is 5.41 Å². The van der Waals surface area contributed by atoms with Gasteiger partial charge in [-0.05, 0) is 44.9 Å². The van der Waals surface area contributed by atoms with Crippen molar-refractivity contribution in [1.29, 1.82) is 0 Å². The van der Waals surface area contributed by atoms with Gasteiger partial charge < -0.3 is 10.0 Å². The molecule has 0 spiro atoms. The fourth-order valence-electron chi connectivity index (χ4n) is 2.86. The number of hydrogen-bond donors (Lipinski definition) is 1. The van der Waals surface area contributed by atoms with Crippen molar-refractivity contribution in [2.45, 2.75) is 65.5 Å². The van der Waals surface area contributed by atoms with Crippen LogP contribution in [0.2, 0.25) is 0 Å². The summed E-state index contributed by atoms with van der Waals surface area (Å²) in [6.45, 7) is 8.53. The van der Waals surface area contributed by atoms with Gasteiger partial charge in [-0.2, -0.15) is 0 Å². The number of aliphatic hydroxyl groups excluding tert-OH is 1. The third kappa shape index (κ3) is 3.29. The summed E-state index contributed by atoms with van der Waals surface area (Å²) in [5.74, 6) is 0. The van der Waals surface area contributed by atoms with Crippen LogP contribution in [0, 0.1) is 12.3 Å². The van der Waals surface area contributed by atoms with E-state index in [9.17, 15) is 5.11 Å². The molecule has 0 aliphatic heterocycles. The van der Waals surface area contributed by atoms with Crippen LogP contribution in [-0.4, -0.2) is 23.2 Å². The quantitative estimate of drug-likeness (QED) is 0.913. The number of thiazole rings is 1. The van der Waals surface area contributed by atoms with Crippen LogP contribution in [0.25, 0.3) is 0 Å². The van der Waals surface area contributed by atoms with Crippen molar-refractivity contribution in [3.05, 3.63) is 10.6 Å². The largest absolute Gasteiger partial charge is 0.388 e. The van der Waals surface area contributed by atoms with Gasteiger partial charge >= 0.3 is 0 Å². The van der Waals surface area contributed by atoms with Crippen molar-refractivity contribution in [3.63, 3.8) is 0 Å². The highest BCUT2D eigenvalue weighted by Crippen LogP contribution is 2.39. The molecule has 1 aliphatic rings. The summed E-state index contributed by atoms with van der Waals surface area (Å²) in [6.07, 6.45) is 4.65. The number of aliphatic hydroxyl groups is 1. The van der Waals surface area contributed by atoms with Crippen molar-refractivity contribution in [1.82, 2.24) is 4.98 Å². The second-order valence-electron chi connectivity index (χ2n) is 6.63. The summed E-state index contributed by atoms with van der Waals surface area (Å²) in [5.41, 5.74) is 1.47. The number of rotatable bonds is 3. The van der Waals surface area contributed by atoms with Gasteiger partial charge in [0.05, 0.1) is 16.7 Å². The second kappa shape index (κ2) is 5.41. The maximum absolute atomic E-state index is 9.73. The lowest BCUT2D eigenvalue weighted by Gasteiger charge is -2.38. The van der Waals surface area contributed by atoms with Crippen LogP contribution in [0.1, 0.15) is 63.1 Å². The van der Waals surface area contributed by atoms with Crippen LogP contribution in [0.15, 0.2) is 0 Å². The van der Waals surface area contributed by atoms with E-state index >= 15 is 0 Å². The van der Waals surface area contributed by atoms with Crippen LogP contribution in [0.5, 0.6) is 0 Å².